The van der Waals surface area contributed by atoms with E-state index < -0.39 is 56.5 Å². The maximum absolute atomic E-state index is 13.4. The van der Waals surface area contributed by atoms with Gasteiger partial charge in [-0.2, -0.15) is 13.4 Å². The molecule has 40 heavy (non-hydrogen) atoms. The zero-order valence-electron chi connectivity index (χ0n) is 26.3. The van der Waals surface area contributed by atoms with Crippen LogP contribution < -0.4 is 16.3 Å². The van der Waals surface area contributed by atoms with Crippen molar-refractivity contribution in [2.75, 3.05) is 25.6 Å². The lowest BCUT2D eigenvalue weighted by atomic mass is 9.89. The fourth-order valence-electron chi connectivity index (χ4n) is 4.41. The minimum atomic E-state index is -4.15. The largest absolute Gasteiger partial charge is 0.414 e. The zero-order valence-corrected chi connectivity index (χ0v) is 29.1. The average molecular weight is 617 g/mol. The van der Waals surface area contributed by atoms with Crippen molar-refractivity contribution < 1.29 is 26.2 Å². The van der Waals surface area contributed by atoms with Crippen LogP contribution in [0.1, 0.15) is 53.3 Å². The predicted molar refractivity (Wildman–Crippen MR) is 162 cm³/mol. The molecule has 0 aliphatic carbocycles. The molecule has 2 unspecified atom stereocenters. The highest BCUT2D eigenvalue weighted by molar-refractivity contribution is 7.90. The van der Waals surface area contributed by atoms with Crippen molar-refractivity contribution in [3.8, 4) is 0 Å². The van der Waals surface area contributed by atoms with Crippen LogP contribution in [0, 0.1) is 6.92 Å². The molecule has 2 aliphatic rings. The number of nitrogens with two attached hydrogens (primary N) is 1. The Balaban J connectivity index is 2.25. The summed E-state index contributed by atoms with van der Waals surface area (Å²) in [5, 5.41) is 0.555. The van der Waals surface area contributed by atoms with Gasteiger partial charge in [0.15, 0.2) is 28.5 Å². The van der Waals surface area contributed by atoms with E-state index in [4.69, 9.17) is 23.5 Å². The second-order valence-corrected chi connectivity index (χ2v) is 25.1. The van der Waals surface area contributed by atoms with Crippen molar-refractivity contribution in [3.63, 3.8) is 0 Å². The molecule has 2 aliphatic heterocycles. The maximum atomic E-state index is 13.4. The molecule has 2 N–H and O–H groups in total. The van der Waals surface area contributed by atoms with Crippen LogP contribution in [0.3, 0.4) is 0 Å². The van der Waals surface area contributed by atoms with Gasteiger partial charge in [0.1, 0.15) is 18.0 Å². The van der Waals surface area contributed by atoms with Gasteiger partial charge >= 0.3 is 5.69 Å². The molecule has 1 fully saturated rings. The third-order valence-corrected chi connectivity index (χ3v) is 18.9. The van der Waals surface area contributed by atoms with Crippen LogP contribution >= 0.6 is 0 Å². The summed E-state index contributed by atoms with van der Waals surface area (Å²) in [4.78, 5) is 19.5. The zero-order chi connectivity index (χ0) is 30.9. The molecule has 1 spiro atoms. The minimum absolute atomic E-state index is 0.00531. The van der Waals surface area contributed by atoms with Crippen molar-refractivity contribution in [2.24, 2.45) is 5.73 Å². The lowest BCUT2D eigenvalue weighted by Crippen LogP contribution is -2.59. The van der Waals surface area contributed by atoms with E-state index in [0.717, 1.165) is 11.0 Å². The molecule has 0 amide bonds. The number of anilines is 1. The molecule has 1 saturated heterocycles. The summed E-state index contributed by atoms with van der Waals surface area (Å²) < 4.78 is 53.0. The van der Waals surface area contributed by atoms with Gasteiger partial charge in [-0.3, -0.25) is 4.57 Å². The van der Waals surface area contributed by atoms with Gasteiger partial charge in [0.05, 0.1) is 17.7 Å². The van der Waals surface area contributed by atoms with E-state index in [2.05, 4.69) is 59.6 Å². The number of ether oxygens (including phenoxy) is 1. The number of aromatic nitrogens is 2. The van der Waals surface area contributed by atoms with Crippen molar-refractivity contribution in [3.05, 3.63) is 33.3 Å². The molecule has 0 bridgehead atoms. The first kappa shape index (κ1) is 33.0. The SMILES string of the molecule is Cc1cn([C@@H]2OC(CO[Si](C)(C)C(C)(C)C)C3(OS(=O)(=O)C=C3N)[C@H]2O[Si](C)(C)C(C)(C)C)c(=O)nc1N(C)C. The first-order valence-electron chi connectivity index (χ1n) is 13.5. The molecule has 0 saturated carbocycles. The molecule has 0 radical (unpaired) electrons. The Morgan fingerprint density at radius 3 is 2.10 bits per heavy atom. The Hall–Kier alpha value is -1.56. The molecule has 3 rings (SSSR count). The number of rotatable bonds is 7. The van der Waals surface area contributed by atoms with Crippen LogP contribution in [-0.4, -0.2) is 73.1 Å². The molecule has 3 heterocycles. The Morgan fingerprint density at radius 2 is 1.65 bits per heavy atom. The molecule has 14 heteroatoms. The van der Waals surface area contributed by atoms with Crippen molar-refractivity contribution in [1.29, 1.82) is 0 Å². The molecular formula is C26H48N4O7SSi2. The molecule has 1 aromatic heterocycles. The van der Waals surface area contributed by atoms with Crippen LogP contribution in [0.15, 0.2) is 22.1 Å². The summed E-state index contributed by atoms with van der Waals surface area (Å²) in [6.07, 6.45) is -1.46. The molecule has 228 valence electrons. The summed E-state index contributed by atoms with van der Waals surface area (Å²) in [6.45, 7) is 22.7. The van der Waals surface area contributed by atoms with E-state index in [9.17, 15) is 13.2 Å². The minimum Gasteiger partial charge on any atom is -0.414 e. The lowest BCUT2D eigenvalue weighted by molar-refractivity contribution is -0.0562. The molecule has 4 atom stereocenters. The molecule has 1 aromatic rings. The van der Waals surface area contributed by atoms with Crippen LogP contribution in [-0.2, 0) is 27.9 Å². The third kappa shape index (κ3) is 5.85. The smallest absolute Gasteiger partial charge is 0.351 e. The number of aryl methyl sites for hydroxylation is 1. The second kappa shape index (κ2) is 10.3. The first-order chi connectivity index (χ1) is 17.9. The maximum Gasteiger partial charge on any atom is 0.351 e. The van der Waals surface area contributed by atoms with Crippen molar-refractivity contribution >= 4 is 32.6 Å². The highest BCUT2D eigenvalue weighted by Crippen LogP contribution is 2.52. The first-order valence-corrected chi connectivity index (χ1v) is 20.8. The van der Waals surface area contributed by atoms with Crippen LogP contribution in [0.5, 0.6) is 0 Å². The van der Waals surface area contributed by atoms with E-state index in [1.165, 1.54) is 4.57 Å². The standard InChI is InChI=1S/C26H48N4O7SSi2/c1-17-14-30(23(31)28-21(17)29(8)9)22-20(36-40(12,13)25(5,6)7)26(18(27)16-38(32,33)37-26)19(35-22)15-34-39(10,11)24(2,3)4/h14,16,19-20,22H,15,27H2,1-13H3/t19?,20-,22+,26?/m0/s1. The summed E-state index contributed by atoms with van der Waals surface area (Å²) in [6, 6.07) is 0. The van der Waals surface area contributed by atoms with Gasteiger partial charge in [-0.15, -0.1) is 0 Å². The monoisotopic (exact) mass is 616 g/mol. The van der Waals surface area contributed by atoms with E-state index in [-0.39, 0.29) is 22.4 Å². The highest BCUT2D eigenvalue weighted by Gasteiger charge is 2.67. The van der Waals surface area contributed by atoms with Gasteiger partial charge in [-0.05, 0) is 43.2 Å². The Morgan fingerprint density at radius 1 is 1.10 bits per heavy atom. The van der Waals surface area contributed by atoms with Gasteiger partial charge in [0.25, 0.3) is 10.1 Å². The van der Waals surface area contributed by atoms with Gasteiger partial charge in [0, 0.05) is 25.9 Å². The fourth-order valence-corrected chi connectivity index (χ4v) is 7.91. The Labute approximate surface area is 241 Å². The number of hydrogen-bond acceptors (Lipinski definition) is 10. The van der Waals surface area contributed by atoms with Crippen molar-refractivity contribution in [1.82, 2.24) is 9.55 Å². The van der Waals surface area contributed by atoms with E-state index in [1.54, 1.807) is 25.2 Å². The normalized spacial score (nSPS) is 27.3. The quantitative estimate of drug-likeness (QED) is 0.356. The lowest BCUT2D eigenvalue weighted by Gasteiger charge is -2.43. The van der Waals surface area contributed by atoms with Gasteiger partial charge in [-0.25, -0.2) is 8.98 Å². The fraction of sp³-hybridized carbons (Fsp3) is 0.769. The van der Waals surface area contributed by atoms with E-state index in [0.29, 0.717) is 5.82 Å². The van der Waals surface area contributed by atoms with Gasteiger partial charge in [-0.1, -0.05) is 41.5 Å². The predicted octanol–water partition coefficient (Wildman–Crippen LogP) is 3.83. The summed E-state index contributed by atoms with van der Waals surface area (Å²) >= 11 is 0. The summed E-state index contributed by atoms with van der Waals surface area (Å²) in [7, 11) is -5.45. The summed E-state index contributed by atoms with van der Waals surface area (Å²) in [5.41, 5.74) is 4.92. The average Bonchev–Trinajstić information content (AvgIpc) is 3.18. The van der Waals surface area contributed by atoms with Crippen LogP contribution in [0.4, 0.5) is 5.82 Å². The van der Waals surface area contributed by atoms with Crippen molar-refractivity contribution in [2.45, 2.75) is 109 Å². The van der Waals surface area contributed by atoms with Crippen LogP contribution in [0.25, 0.3) is 0 Å². The van der Waals surface area contributed by atoms with Gasteiger partial charge < -0.3 is 24.2 Å². The molecule has 0 aromatic carbocycles. The topological polar surface area (TPSA) is 135 Å². The summed E-state index contributed by atoms with van der Waals surface area (Å²) in [5.74, 6) is 0.521. The second-order valence-electron chi connectivity index (χ2n) is 14.2. The number of nitrogens with zero attached hydrogens (tertiary/aromatic N) is 3. The van der Waals surface area contributed by atoms with Gasteiger partial charge in [0.2, 0.25) is 0 Å². The molecule has 11 nitrogen and oxygen atoms in total. The van der Waals surface area contributed by atoms with Crippen LogP contribution in [0.2, 0.25) is 36.3 Å². The Kier molecular flexibility index (Phi) is 8.50. The highest BCUT2D eigenvalue weighted by atomic mass is 32.2. The molecular weight excluding hydrogens is 569 g/mol. The number of hydrogen-bond donors (Lipinski definition) is 1. The third-order valence-electron chi connectivity index (χ3n) is 8.88. The Bertz CT molecular complexity index is 1330. The van der Waals surface area contributed by atoms with E-state index >= 15 is 0 Å². The van der Waals surface area contributed by atoms with E-state index in [1.807, 2.05) is 20.0 Å².